The van der Waals surface area contributed by atoms with Gasteiger partial charge >= 0.3 is 5.97 Å². The average molecular weight is 357 g/mol. The van der Waals surface area contributed by atoms with Gasteiger partial charge < -0.3 is 19.5 Å². The fraction of sp³-hybridized carbons (Fsp3) is 0.500. The molecule has 0 radical (unpaired) electrons. The van der Waals surface area contributed by atoms with Crippen molar-refractivity contribution in [1.29, 1.82) is 0 Å². The molecule has 6 nitrogen and oxygen atoms in total. The highest BCUT2D eigenvalue weighted by Crippen LogP contribution is 2.44. The molecular formula is C20H23NO5. The molecule has 138 valence electrons. The molecule has 1 fully saturated rings. The van der Waals surface area contributed by atoms with Crippen LogP contribution in [0.25, 0.3) is 0 Å². The lowest BCUT2D eigenvalue weighted by atomic mass is 9.76. The number of aliphatic carboxylic acids is 1. The van der Waals surface area contributed by atoms with Crippen LogP contribution in [0, 0.1) is 5.92 Å². The number of carboxylic acid groups (broad SMARTS) is 1. The summed E-state index contributed by atoms with van der Waals surface area (Å²) in [5.41, 5.74) is 3.34. The van der Waals surface area contributed by atoms with Gasteiger partial charge in [0.1, 0.15) is 0 Å². The van der Waals surface area contributed by atoms with Gasteiger partial charge in [0.25, 0.3) is 5.91 Å². The molecule has 4 aliphatic rings. The van der Waals surface area contributed by atoms with Crippen LogP contribution in [0.2, 0.25) is 0 Å². The first-order chi connectivity index (χ1) is 12.5. The molecule has 2 aliphatic heterocycles. The Morgan fingerprint density at radius 1 is 1.35 bits per heavy atom. The first-order valence-electron chi connectivity index (χ1n) is 9.17. The van der Waals surface area contributed by atoms with Crippen molar-refractivity contribution in [1.82, 2.24) is 4.90 Å². The van der Waals surface area contributed by atoms with Gasteiger partial charge in [-0.05, 0) is 37.0 Å². The molecule has 6 heteroatoms. The zero-order valence-corrected chi connectivity index (χ0v) is 14.9. The topological polar surface area (TPSA) is 76.1 Å². The highest BCUT2D eigenvalue weighted by Gasteiger charge is 2.41. The van der Waals surface area contributed by atoms with E-state index in [1.807, 2.05) is 6.92 Å². The third-order valence-electron chi connectivity index (χ3n) is 5.68. The Labute approximate surface area is 152 Å². The number of hydrogen-bond acceptors (Lipinski definition) is 4. The number of carbonyl (C=O) groups excluding carboxylic acids is 1. The molecule has 2 heterocycles. The maximum Gasteiger partial charge on any atom is 0.331 e. The predicted octanol–water partition coefficient (Wildman–Crippen LogP) is 2.54. The number of allylic oxidation sites excluding steroid dienone is 4. The van der Waals surface area contributed by atoms with Crippen molar-refractivity contribution in [3.63, 3.8) is 0 Å². The number of rotatable bonds is 3. The second-order valence-electron chi connectivity index (χ2n) is 7.07. The van der Waals surface area contributed by atoms with E-state index in [1.165, 1.54) is 0 Å². The van der Waals surface area contributed by atoms with Crippen molar-refractivity contribution in [2.24, 2.45) is 5.92 Å². The third-order valence-corrected chi connectivity index (χ3v) is 5.68. The van der Waals surface area contributed by atoms with E-state index in [1.54, 1.807) is 23.1 Å². The third kappa shape index (κ3) is 2.83. The largest absolute Gasteiger partial charge is 0.478 e. The minimum absolute atomic E-state index is 0.0354. The average Bonchev–Trinajstić information content (AvgIpc) is 3.09. The quantitative estimate of drug-likeness (QED) is 0.840. The van der Waals surface area contributed by atoms with Crippen molar-refractivity contribution in [3.05, 3.63) is 46.7 Å². The highest BCUT2D eigenvalue weighted by molar-refractivity contribution is 5.94. The van der Waals surface area contributed by atoms with Gasteiger partial charge in [-0.25, -0.2) is 4.79 Å². The highest BCUT2D eigenvalue weighted by atomic mass is 16.7. The molecule has 0 aromatic rings. The Balaban J connectivity index is 1.66. The number of amides is 1. The molecule has 1 spiro atoms. The first kappa shape index (κ1) is 17.2. The minimum atomic E-state index is -0.899. The van der Waals surface area contributed by atoms with E-state index in [2.05, 4.69) is 6.08 Å². The van der Waals surface area contributed by atoms with Gasteiger partial charge in [0, 0.05) is 42.7 Å². The van der Waals surface area contributed by atoms with E-state index in [0.29, 0.717) is 38.2 Å². The van der Waals surface area contributed by atoms with Crippen molar-refractivity contribution >= 4 is 11.9 Å². The number of carbonyl (C=O) groups is 2. The standard InChI is InChI=1S/C20H23NO5/c1-2-21-17-4-3-14(19(23)24)11-16(17)15(12-18(21)22)13-5-7-20(8-6-13)25-9-10-26-20/h3-5,12,16H,2,6-11H2,1H3,(H,23,24). The Bertz CT molecular complexity index is 767. The van der Waals surface area contributed by atoms with Crippen LogP contribution in [-0.2, 0) is 19.1 Å². The van der Waals surface area contributed by atoms with Crippen LogP contribution in [0.5, 0.6) is 0 Å². The van der Waals surface area contributed by atoms with Crippen LogP contribution in [0.3, 0.4) is 0 Å². The number of nitrogens with zero attached hydrogens (tertiary/aromatic N) is 1. The molecule has 0 aromatic heterocycles. The lowest BCUT2D eigenvalue weighted by Gasteiger charge is -2.39. The smallest absolute Gasteiger partial charge is 0.331 e. The first-order valence-corrected chi connectivity index (χ1v) is 9.17. The van der Waals surface area contributed by atoms with E-state index in [4.69, 9.17) is 9.47 Å². The maximum atomic E-state index is 12.6. The van der Waals surface area contributed by atoms with Crippen molar-refractivity contribution in [2.45, 2.75) is 38.4 Å². The second-order valence-corrected chi connectivity index (χ2v) is 7.07. The predicted molar refractivity (Wildman–Crippen MR) is 93.9 cm³/mol. The van der Waals surface area contributed by atoms with Crippen LogP contribution < -0.4 is 0 Å². The molecule has 26 heavy (non-hydrogen) atoms. The number of likely N-dealkylation sites (N-methyl/N-ethyl adjacent to an activating group) is 1. The van der Waals surface area contributed by atoms with Gasteiger partial charge in [0.15, 0.2) is 5.79 Å². The molecule has 2 aliphatic carbocycles. The van der Waals surface area contributed by atoms with Crippen LogP contribution >= 0.6 is 0 Å². The molecule has 0 aromatic carbocycles. The summed E-state index contributed by atoms with van der Waals surface area (Å²) < 4.78 is 11.5. The minimum Gasteiger partial charge on any atom is -0.478 e. The van der Waals surface area contributed by atoms with Crippen molar-refractivity contribution in [3.8, 4) is 0 Å². The summed E-state index contributed by atoms with van der Waals surface area (Å²) in [6.45, 7) is 3.75. The van der Waals surface area contributed by atoms with E-state index < -0.39 is 11.8 Å². The Morgan fingerprint density at radius 2 is 2.12 bits per heavy atom. The molecule has 0 bridgehead atoms. The maximum absolute atomic E-state index is 12.6. The number of hydrogen-bond donors (Lipinski definition) is 1. The fourth-order valence-electron chi connectivity index (χ4n) is 4.32. The normalized spacial score (nSPS) is 27.5. The molecule has 4 rings (SSSR count). The molecule has 0 saturated carbocycles. The van der Waals surface area contributed by atoms with E-state index in [0.717, 1.165) is 29.7 Å². The Kier molecular flexibility index (Phi) is 4.32. The van der Waals surface area contributed by atoms with Crippen LogP contribution in [0.4, 0.5) is 0 Å². The van der Waals surface area contributed by atoms with Gasteiger partial charge in [-0.2, -0.15) is 0 Å². The number of fused-ring (bicyclic) bond motifs is 1. The Morgan fingerprint density at radius 3 is 2.73 bits per heavy atom. The lowest BCUT2D eigenvalue weighted by molar-refractivity contribution is -0.161. The molecule has 1 unspecified atom stereocenters. The zero-order valence-electron chi connectivity index (χ0n) is 14.9. The Hall–Kier alpha value is -2.18. The summed E-state index contributed by atoms with van der Waals surface area (Å²) in [5, 5.41) is 9.39. The van der Waals surface area contributed by atoms with Crippen molar-refractivity contribution < 1.29 is 24.2 Å². The molecule has 1 atom stereocenters. The van der Waals surface area contributed by atoms with E-state index in [-0.39, 0.29) is 11.8 Å². The summed E-state index contributed by atoms with van der Waals surface area (Å²) in [7, 11) is 0. The van der Waals surface area contributed by atoms with Gasteiger partial charge in [-0.3, -0.25) is 4.79 Å². The SMILES string of the molecule is CCN1C(=O)C=C(C2=CCC3(CC2)OCCO3)C2CC(C(=O)O)=CC=C21. The van der Waals surface area contributed by atoms with Crippen LogP contribution in [-0.4, -0.2) is 47.4 Å². The summed E-state index contributed by atoms with van der Waals surface area (Å²) >= 11 is 0. The number of ether oxygens (including phenoxy) is 2. The van der Waals surface area contributed by atoms with Gasteiger partial charge in [0.05, 0.1) is 13.2 Å². The summed E-state index contributed by atoms with van der Waals surface area (Å²) in [5.74, 6) is -1.53. The summed E-state index contributed by atoms with van der Waals surface area (Å²) in [6.07, 6.45) is 9.81. The number of carboxylic acids is 1. The van der Waals surface area contributed by atoms with Gasteiger partial charge in [-0.1, -0.05) is 12.2 Å². The van der Waals surface area contributed by atoms with Crippen LogP contribution in [0.15, 0.2) is 46.7 Å². The van der Waals surface area contributed by atoms with Gasteiger partial charge in [0.2, 0.25) is 0 Å². The molecule has 1 amide bonds. The van der Waals surface area contributed by atoms with Crippen molar-refractivity contribution in [2.75, 3.05) is 19.8 Å². The summed E-state index contributed by atoms with van der Waals surface area (Å²) in [6, 6.07) is 0. The van der Waals surface area contributed by atoms with E-state index in [9.17, 15) is 14.7 Å². The molecule has 1 saturated heterocycles. The van der Waals surface area contributed by atoms with E-state index >= 15 is 0 Å². The van der Waals surface area contributed by atoms with Crippen LogP contribution in [0.1, 0.15) is 32.6 Å². The fourth-order valence-corrected chi connectivity index (χ4v) is 4.32. The molecular weight excluding hydrogens is 334 g/mol. The van der Waals surface area contributed by atoms with Gasteiger partial charge in [-0.15, -0.1) is 0 Å². The second kappa shape index (κ2) is 6.52. The molecule has 1 N–H and O–H groups in total. The lowest BCUT2D eigenvalue weighted by Crippen LogP contribution is -2.39. The summed E-state index contributed by atoms with van der Waals surface area (Å²) in [4.78, 5) is 25.8. The monoisotopic (exact) mass is 357 g/mol. The zero-order chi connectivity index (χ0) is 18.3.